The molecule has 2 heterocycles. The molecule has 1 aliphatic rings. The summed E-state index contributed by atoms with van der Waals surface area (Å²) in [7, 11) is 0. The maximum atomic E-state index is 12.1. The monoisotopic (exact) mass is 246 g/mol. The summed E-state index contributed by atoms with van der Waals surface area (Å²) in [6, 6.07) is 7.34. The second kappa shape index (κ2) is 3.59. The maximum Gasteiger partial charge on any atom is 0.360 e. The number of anilines is 1. The molecule has 1 aromatic heterocycles. The van der Waals surface area contributed by atoms with E-state index in [2.05, 4.69) is 22.9 Å². The van der Waals surface area contributed by atoms with Crippen LogP contribution in [0.5, 0.6) is 0 Å². The number of fused-ring (bicyclic) bond motifs is 2. The molecule has 0 N–H and O–H groups in total. The SMILES string of the molecule is Cc1nc2n(n1)C(=O)N(S)c1ccccc1C2. The highest BCUT2D eigenvalue weighted by molar-refractivity contribution is 7.82. The van der Waals surface area contributed by atoms with Crippen LogP contribution < -0.4 is 4.31 Å². The van der Waals surface area contributed by atoms with Crippen molar-refractivity contribution in [2.24, 2.45) is 0 Å². The van der Waals surface area contributed by atoms with E-state index in [1.54, 1.807) is 6.92 Å². The van der Waals surface area contributed by atoms with Crippen LogP contribution in [0.15, 0.2) is 24.3 Å². The Balaban J connectivity index is 2.23. The third kappa shape index (κ3) is 1.52. The Kier molecular flexibility index (Phi) is 2.19. The van der Waals surface area contributed by atoms with Crippen LogP contribution in [0.3, 0.4) is 0 Å². The third-order valence-corrected chi connectivity index (χ3v) is 3.10. The predicted molar refractivity (Wildman–Crippen MR) is 66.3 cm³/mol. The van der Waals surface area contributed by atoms with Crippen LogP contribution in [-0.2, 0) is 6.42 Å². The molecule has 6 heteroatoms. The molecule has 1 aromatic carbocycles. The first-order valence-corrected chi connectivity index (χ1v) is 5.60. The zero-order valence-electron chi connectivity index (χ0n) is 9.16. The molecule has 5 nitrogen and oxygen atoms in total. The van der Waals surface area contributed by atoms with Gasteiger partial charge in [-0.2, -0.15) is 4.68 Å². The average molecular weight is 246 g/mol. The van der Waals surface area contributed by atoms with E-state index in [9.17, 15) is 4.79 Å². The zero-order valence-corrected chi connectivity index (χ0v) is 10.1. The quantitative estimate of drug-likeness (QED) is 0.721. The Morgan fingerprint density at radius 3 is 2.94 bits per heavy atom. The number of rotatable bonds is 0. The first-order valence-electron chi connectivity index (χ1n) is 5.20. The molecule has 0 fully saturated rings. The number of aryl methyl sites for hydroxylation is 1. The van der Waals surface area contributed by atoms with Gasteiger partial charge in [0.05, 0.1) is 5.69 Å². The largest absolute Gasteiger partial charge is 0.360 e. The Labute approximate surface area is 104 Å². The van der Waals surface area contributed by atoms with Crippen LogP contribution in [0.1, 0.15) is 17.2 Å². The third-order valence-electron chi connectivity index (χ3n) is 2.71. The predicted octanol–water partition coefficient (Wildman–Crippen LogP) is 1.81. The van der Waals surface area contributed by atoms with Crippen molar-refractivity contribution in [1.82, 2.24) is 14.8 Å². The van der Waals surface area contributed by atoms with Gasteiger partial charge in [-0.15, -0.1) is 5.10 Å². The van der Waals surface area contributed by atoms with Crippen molar-refractivity contribution < 1.29 is 4.79 Å². The van der Waals surface area contributed by atoms with Gasteiger partial charge in [-0.3, -0.25) is 0 Å². The Morgan fingerprint density at radius 2 is 2.12 bits per heavy atom. The summed E-state index contributed by atoms with van der Waals surface area (Å²) >= 11 is 4.23. The molecule has 17 heavy (non-hydrogen) atoms. The summed E-state index contributed by atoms with van der Waals surface area (Å²) in [5.74, 6) is 1.24. The fraction of sp³-hybridized carbons (Fsp3) is 0.182. The Morgan fingerprint density at radius 1 is 1.35 bits per heavy atom. The van der Waals surface area contributed by atoms with Crippen LogP contribution in [0.2, 0.25) is 0 Å². The van der Waals surface area contributed by atoms with Crippen LogP contribution in [0, 0.1) is 6.92 Å². The van der Waals surface area contributed by atoms with Crippen molar-refractivity contribution in [3.63, 3.8) is 0 Å². The second-order valence-electron chi connectivity index (χ2n) is 3.89. The van der Waals surface area contributed by atoms with Gasteiger partial charge in [0.15, 0.2) is 0 Å². The maximum absolute atomic E-state index is 12.1. The first kappa shape index (κ1) is 10.3. The highest BCUT2D eigenvalue weighted by Gasteiger charge is 2.26. The van der Waals surface area contributed by atoms with E-state index < -0.39 is 0 Å². The smallest absolute Gasteiger partial charge is 0.245 e. The van der Waals surface area contributed by atoms with Crippen LogP contribution >= 0.6 is 12.8 Å². The molecule has 0 atom stereocenters. The van der Waals surface area contributed by atoms with E-state index in [1.807, 2.05) is 24.3 Å². The molecular formula is C11H10N4OS. The molecule has 1 amide bonds. The molecule has 2 aromatic rings. The lowest BCUT2D eigenvalue weighted by Gasteiger charge is -2.14. The van der Waals surface area contributed by atoms with Gasteiger partial charge in [-0.05, 0) is 18.6 Å². The molecular weight excluding hydrogens is 236 g/mol. The van der Waals surface area contributed by atoms with E-state index in [4.69, 9.17) is 0 Å². The van der Waals surface area contributed by atoms with Gasteiger partial charge >= 0.3 is 6.03 Å². The van der Waals surface area contributed by atoms with Crippen molar-refractivity contribution >= 4 is 24.5 Å². The number of thiol groups is 1. The average Bonchev–Trinajstić information content (AvgIpc) is 2.65. The molecule has 0 saturated carbocycles. The standard InChI is InChI=1S/C11H10N4OS/c1-7-12-10-6-8-4-2-3-5-9(8)15(17)11(16)14(10)13-7/h2-5,17H,6H2,1H3. The number of aromatic nitrogens is 3. The van der Waals surface area contributed by atoms with Crippen molar-refractivity contribution in [1.29, 1.82) is 0 Å². The van der Waals surface area contributed by atoms with Gasteiger partial charge in [0.1, 0.15) is 11.6 Å². The van der Waals surface area contributed by atoms with Gasteiger partial charge < -0.3 is 0 Å². The summed E-state index contributed by atoms with van der Waals surface area (Å²) in [5, 5.41) is 4.09. The van der Waals surface area contributed by atoms with E-state index >= 15 is 0 Å². The normalized spacial score (nSPS) is 14.2. The van der Waals surface area contributed by atoms with Crippen LogP contribution in [0.25, 0.3) is 0 Å². The first-order chi connectivity index (χ1) is 8.16. The van der Waals surface area contributed by atoms with Gasteiger partial charge in [0.25, 0.3) is 0 Å². The number of hydrogen-bond acceptors (Lipinski definition) is 4. The Bertz CT molecular complexity index is 607. The van der Waals surface area contributed by atoms with Crippen molar-refractivity contribution in [3.8, 4) is 0 Å². The highest BCUT2D eigenvalue weighted by atomic mass is 32.1. The lowest BCUT2D eigenvalue weighted by atomic mass is 10.1. The number of carbonyl (C=O) groups is 1. The molecule has 0 radical (unpaired) electrons. The molecule has 3 rings (SSSR count). The fourth-order valence-corrected chi connectivity index (χ4v) is 2.24. The van der Waals surface area contributed by atoms with Gasteiger partial charge in [-0.1, -0.05) is 31.0 Å². The van der Waals surface area contributed by atoms with Gasteiger partial charge in [0.2, 0.25) is 0 Å². The fourth-order valence-electron chi connectivity index (χ4n) is 1.96. The molecule has 1 aliphatic heterocycles. The number of carbonyl (C=O) groups excluding carboxylic acids is 1. The van der Waals surface area contributed by atoms with E-state index in [1.165, 1.54) is 8.99 Å². The van der Waals surface area contributed by atoms with Crippen molar-refractivity contribution in [2.75, 3.05) is 4.31 Å². The number of benzene rings is 1. The Hall–Kier alpha value is -1.82. The van der Waals surface area contributed by atoms with E-state index in [-0.39, 0.29) is 6.03 Å². The van der Waals surface area contributed by atoms with E-state index in [0.717, 1.165) is 11.3 Å². The lowest BCUT2D eigenvalue weighted by molar-refractivity contribution is 0.248. The minimum atomic E-state index is -0.297. The topological polar surface area (TPSA) is 51.0 Å². The number of para-hydroxylation sites is 1. The van der Waals surface area contributed by atoms with Crippen LogP contribution in [0.4, 0.5) is 10.5 Å². The molecule has 86 valence electrons. The summed E-state index contributed by atoms with van der Waals surface area (Å²) < 4.78 is 2.61. The molecule has 0 unspecified atom stereocenters. The summed E-state index contributed by atoms with van der Waals surface area (Å²) in [6.45, 7) is 1.77. The lowest BCUT2D eigenvalue weighted by Crippen LogP contribution is -2.27. The van der Waals surface area contributed by atoms with E-state index in [0.29, 0.717) is 18.1 Å². The van der Waals surface area contributed by atoms with Crippen LogP contribution in [-0.4, -0.2) is 20.8 Å². The van der Waals surface area contributed by atoms with Gasteiger partial charge in [0, 0.05) is 6.42 Å². The number of nitrogens with zero attached hydrogens (tertiary/aromatic N) is 4. The number of hydrogen-bond donors (Lipinski definition) is 1. The molecule has 0 aliphatic carbocycles. The number of amides is 1. The van der Waals surface area contributed by atoms with Gasteiger partial charge in [-0.25, -0.2) is 14.1 Å². The van der Waals surface area contributed by atoms with Crippen molar-refractivity contribution in [3.05, 3.63) is 41.5 Å². The summed E-state index contributed by atoms with van der Waals surface area (Å²) in [4.78, 5) is 16.4. The summed E-state index contributed by atoms with van der Waals surface area (Å²) in [6.07, 6.45) is 0.583. The second-order valence-corrected chi connectivity index (χ2v) is 4.29. The molecule has 0 saturated heterocycles. The molecule has 0 bridgehead atoms. The minimum absolute atomic E-state index is 0.297. The zero-order chi connectivity index (χ0) is 12.0. The highest BCUT2D eigenvalue weighted by Crippen LogP contribution is 2.27. The van der Waals surface area contributed by atoms with Crippen molar-refractivity contribution in [2.45, 2.75) is 13.3 Å². The molecule has 0 spiro atoms. The summed E-state index contributed by atoms with van der Waals surface area (Å²) in [5.41, 5.74) is 1.80. The minimum Gasteiger partial charge on any atom is -0.245 e.